The molecule has 8 rings (SSSR count). The van der Waals surface area contributed by atoms with Crippen LogP contribution in [-0.2, 0) is 6.42 Å². The molecule has 7 aliphatic carbocycles. The summed E-state index contributed by atoms with van der Waals surface area (Å²) in [6.07, 6.45) is 35.4. The van der Waals surface area contributed by atoms with Crippen LogP contribution in [0.3, 0.4) is 0 Å². The molecule has 336 valence electrons. The minimum absolute atomic E-state index is 1.12. The van der Waals surface area contributed by atoms with Crippen LogP contribution >= 0.6 is 0 Å². The van der Waals surface area contributed by atoms with Crippen molar-refractivity contribution in [2.45, 2.75) is 138 Å². The first-order valence-electron chi connectivity index (χ1n) is 24.6. The predicted octanol–water partition coefficient (Wildman–Crippen LogP) is 12.4. The Morgan fingerprint density at radius 3 is 1.13 bits per heavy atom. The van der Waals surface area contributed by atoms with Crippen molar-refractivity contribution in [2.24, 2.45) is 0 Å². The maximum atomic E-state index is 3.37. The van der Waals surface area contributed by atoms with Crippen molar-refractivity contribution in [3.8, 4) is 0 Å². The molecule has 5 nitrogen and oxygen atoms in total. The average Bonchev–Trinajstić information content (AvgIpc) is 4.04. The maximum absolute atomic E-state index is 3.37. The molecule has 1 aromatic carbocycles. The Hall–Kier alpha value is -2.80. The van der Waals surface area contributed by atoms with Gasteiger partial charge in [-0.25, -0.2) is 0 Å². The van der Waals surface area contributed by atoms with Gasteiger partial charge in [-0.15, -0.1) is 0 Å². The third-order valence-corrected chi connectivity index (χ3v) is 11.2. The van der Waals surface area contributed by atoms with E-state index in [-0.39, 0.29) is 0 Å². The van der Waals surface area contributed by atoms with E-state index in [2.05, 4.69) is 153 Å². The van der Waals surface area contributed by atoms with E-state index in [4.69, 9.17) is 0 Å². The predicted molar refractivity (Wildman–Crippen MR) is 266 cm³/mol. The number of hydrogen-bond acceptors (Lipinski definition) is 5. The Morgan fingerprint density at radius 1 is 0.417 bits per heavy atom. The molecule has 0 saturated heterocycles. The Labute approximate surface area is 371 Å². The summed E-state index contributed by atoms with van der Waals surface area (Å²) in [5, 5.41) is 3.37. The van der Waals surface area contributed by atoms with Crippen molar-refractivity contribution < 1.29 is 0 Å². The van der Waals surface area contributed by atoms with Crippen LogP contribution in [0.25, 0.3) is 0 Å². The molecule has 0 saturated carbocycles. The Bertz CT molecular complexity index is 1480. The summed E-state index contributed by atoms with van der Waals surface area (Å²) < 4.78 is 0. The average molecular weight is 822 g/mol. The molecule has 0 bridgehead atoms. The summed E-state index contributed by atoms with van der Waals surface area (Å²) in [5.74, 6) is 0. The van der Waals surface area contributed by atoms with Crippen LogP contribution in [0, 0.1) is 0 Å². The number of likely N-dealkylation sites (N-methyl/N-ethyl adjacent to an activating group) is 2. The lowest BCUT2D eigenvalue weighted by Crippen LogP contribution is -2.26. The van der Waals surface area contributed by atoms with Crippen molar-refractivity contribution >= 4 is 0 Å². The first-order chi connectivity index (χ1) is 29.3. The smallest absolute Gasteiger partial charge is 0.0196 e. The molecule has 1 N–H and O–H groups in total. The van der Waals surface area contributed by atoms with Crippen LogP contribution in [0.5, 0.6) is 0 Å². The van der Waals surface area contributed by atoms with Crippen LogP contribution in [0.1, 0.15) is 137 Å². The second-order valence-corrected chi connectivity index (χ2v) is 18.0. The van der Waals surface area contributed by atoms with Crippen LogP contribution in [0.4, 0.5) is 0 Å². The molecule has 0 amide bonds. The lowest BCUT2D eigenvalue weighted by Gasteiger charge is -2.20. The molecule has 60 heavy (non-hydrogen) atoms. The van der Waals surface area contributed by atoms with Crippen molar-refractivity contribution in [1.82, 2.24) is 24.9 Å². The van der Waals surface area contributed by atoms with E-state index in [0.717, 1.165) is 13.1 Å². The normalized spacial score (nSPS) is 16.2. The zero-order valence-corrected chi connectivity index (χ0v) is 40.3. The van der Waals surface area contributed by atoms with Gasteiger partial charge in [0.1, 0.15) is 0 Å². The maximum Gasteiger partial charge on any atom is 0.0196 e. The van der Waals surface area contributed by atoms with Crippen LogP contribution in [-0.4, -0.2) is 112 Å². The van der Waals surface area contributed by atoms with Gasteiger partial charge in [-0.2, -0.15) is 0 Å². The number of unbranched alkanes of at least 4 members (excludes halogenated alkanes) is 2. The minimum Gasteiger partial charge on any atom is -0.309 e. The Balaban J connectivity index is 0.000000194. The molecule has 0 atom stereocenters. The summed E-state index contributed by atoms with van der Waals surface area (Å²) in [4.78, 5) is 9.81. The fourth-order valence-electron chi connectivity index (χ4n) is 6.50. The highest BCUT2D eigenvalue weighted by Crippen LogP contribution is 2.24. The number of rotatable bonds is 27. The fraction of sp³-hybridized carbons (Fsp3) is 0.636. The number of aryl methyl sites for hydroxylation is 1. The quantitative estimate of drug-likeness (QED) is 0.0892. The van der Waals surface area contributed by atoms with Gasteiger partial charge in [-0.05, 0) is 142 Å². The third-order valence-electron chi connectivity index (χ3n) is 11.2. The van der Waals surface area contributed by atoms with Gasteiger partial charge >= 0.3 is 0 Å². The summed E-state index contributed by atoms with van der Waals surface area (Å²) in [6, 6.07) is 10.7. The van der Waals surface area contributed by atoms with E-state index in [0.29, 0.717) is 0 Å². The van der Waals surface area contributed by atoms with Gasteiger partial charge in [0.25, 0.3) is 0 Å². The van der Waals surface area contributed by atoms with Gasteiger partial charge < -0.3 is 10.2 Å². The summed E-state index contributed by atoms with van der Waals surface area (Å²) in [6.45, 7) is 28.1. The van der Waals surface area contributed by atoms with Gasteiger partial charge in [0, 0.05) is 39.3 Å². The molecule has 0 spiro atoms. The van der Waals surface area contributed by atoms with Gasteiger partial charge in [0.2, 0.25) is 0 Å². The zero-order valence-electron chi connectivity index (χ0n) is 40.3. The van der Waals surface area contributed by atoms with E-state index in [9.17, 15) is 0 Å². The van der Waals surface area contributed by atoms with E-state index in [1.807, 2.05) is 0 Å². The van der Waals surface area contributed by atoms with E-state index >= 15 is 0 Å². The SMILES string of the molecule is C1=C(CCc2ccccc2)C1.C1=C(CNCC2=CC2)C1.CCCCN(CCCC)CC1=CC1.CCCN(CCC)CC1=CC1.CCN(CC)CC1=CC1.CN(C)CC1=CC1. The lowest BCUT2D eigenvalue weighted by atomic mass is 10.1. The summed E-state index contributed by atoms with van der Waals surface area (Å²) in [7, 11) is 4.19. The molecule has 0 heterocycles. The van der Waals surface area contributed by atoms with Gasteiger partial charge in [0.15, 0.2) is 0 Å². The van der Waals surface area contributed by atoms with E-state index in [1.54, 1.807) is 39.0 Å². The Morgan fingerprint density at radius 2 is 0.800 bits per heavy atom. The molecule has 5 heteroatoms. The molecule has 0 fully saturated rings. The largest absolute Gasteiger partial charge is 0.309 e. The topological polar surface area (TPSA) is 25.0 Å². The highest BCUT2D eigenvalue weighted by Gasteiger charge is 2.14. The van der Waals surface area contributed by atoms with Crippen molar-refractivity contribution in [2.75, 3.05) is 92.6 Å². The number of hydrogen-bond donors (Lipinski definition) is 1. The number of allylic oxidation sites excluding steroid dienone is 8. The van der Waals surface area contributed by atoms with E-state index < -0.39 is 0 Å². The summed E-state index contributed by atoms with van der Waals surface area (Å²) in [5.41, 5.74) is 12.8. The lowest BCUT2D eigenvalue weighted by molar-refractivity contribution is 0.288. The van der Waals surface area contributed by atoms with Crippen molar-refractivity contribution in [1.29, 1.82) is 0 Å². The Kier molecular flexibility index (Phi) is 27.5. The first kappa shape index (κ1) is 51.5. The van der Waals surface area contributed by atoms with Crippen LogP contribution < -0.4 is 5.32 Å². The second-order valence-electron chi connectivity index (χ2n) is 18.0. The monoisotopic (exact) mass is 822 g/mol. The number of nitrogens with one attached hydrogen (secondary N) is 1. The fourth-order valence-corrected chi connectivity index (χ4v) is 6.50. The molecular formula is C55H91N5. The first-order valence-corrected chi connectivity index (χ1v) is 24.6. The molecule has 0 aromatic heterocycles. The zero-order chi connectivity index (χ0) is 43.2. The second kappa shape index (κ2) is 32.0. The minimum atomic E-state index is 1.12. The van der Waals surface area contributed by atoms with Crippen LogP contribution in [0.2, 0.25) is 0 Å². The molecule has 1 aromatic rings. The third kappa shape index (κ3) is 32.0. The molecular weight excluding hydrogens is 731 g/mol. The molecule has 0 unspecified atom stereocenters. The highest BCUT2D eigenvalue weighted by atomic mass is 15.1. The number of benzene rings is 1. The molecule has 0 aliphatic heterocycles. The highest BCUT2D eigenvalue weighted by molar-refractivity contribution is 5.27. The van der Waals surface area contributed by atoms with Gasteiger partial charge in [0.05, 0.1) is 0 Å². The van der Waals surface area contributed by atoms with Crippen molar-refractivity contribution in [3.63, 3.8) is 0 Å². The molecule has 7 aliphatic rings. The standard InChI is InChI=1S/C12H23N.C11H12.C10H19N.C8H11N.C8H15N.C6H11N/c1-3-5-9-13(10-6-4-2)11-12-7-8-12;1-2-4-10(5-3-1)6-7-11-8-9-11;1-3-7-11(8-4-2)9-10-5-6-10;1-2-7(1)5-9-6-8-3-4-8;1-3-9(4-2)7-8-5-6-8;1-7(2)5-6-3-4-6/h7H,3-6,8-11H2,1-2H3;1-5,8H,6-7,9H2;5H,3-4,6-9H2,1-2H3;1,3,9H,2,4-6H2;5H,3-4,6-7H2,1-2H3;3H,4-5H2,1-2H3. The van der Waals surface area contributed by atoms with Crippen molar-refractivity contribution in [3.05, 3.63) is 117 Å². The molecule has 0 radical (unpaired) electrons. The number of nitrogens with zero attached hydrogens (tertiary/aromatic N) is 4. The van der Waals surface area contributed by atoms with Gasteiger partial charge in [-0.1, -0.05) is 166 Å². The van der Waals surface area contributed by atoms with E-state index in [1.165, 1.54) is 167 Å². The summed E-state index contributed by atoms with van der Waals surface area (Å²) >= 11 is 0. The van der Waals surface area contributed by atoms with Crippen LogP contribution in [0.15, 0.2) is 112 Å². The van der Waals surface area contributed by atoms with Gasteiger partial charge in [-0.3, -0.25) is 14.7 Å².